The van der Waals surface area contributed by atoms with Gasteiger partial charge in [-0.3, -0.25) is 0 Å². The molecule has 61 valence electrons. The van der Waals surface area contributed by atoms with Crippen LogP contribution in [0.2, 0.25) is 15.6 Å². The van der Waals surface area contributed by atoms with Gasteiger partial charge in [0.2, 0.25) is 0 Å². The first-order valence-electron chi connectivity index (χ1n) is 4.01. The van der Waals surface area contributed by atoms with Crippen molar-refractivity contribution in [3.8, 4) is 0 Å². The van der Waals surface area contributed by atoms with E-state index in [0.29, 0.717) is 0 Å². The molecule has 2 saturated heterocycles. The Bertz CT molecular complexity index is 168. The molecule has 2 bridgehead atoms. The number of hydrogen-bond acceptors (Lipinski definition) is 3. The summed E-state index contributed by atoms with van der Waals surface area (Å²) in [7, 11) is -2.39. The molecule has 2 heterocycles. The molecule has 2 fully saturated rings. The molecule has 8 heteroatoms. The van der Waals surface area contributed by atoms with Crippen LogP contribution in [0.3, 0.4) is 0 Å². The summed E-state index contributed by atoms with van der Waals surface area (Å²) in [5, 5.41) is 0. The Balaban J connectivity index is 2.18. The Kier molecular flexibility index (Phi) is 2.95. The van der Waals surface area contributed by atoms with Gasteiger partial charge in [0.05, 0.1) is 0 Å². The van der Waals surface area contributed by atoms with Crippen molar-refractivity contribution in [2.24, 2.45) is 0 Å². The number of fused-ring (bicyclic) bond motifs is 2. The van der Waals surface area contributed by atoms with Crippen molar-refractivity contribution in [1.82, 2.24) is 0 Å². The van der Waals surface area contributed by atoms with Crippen LogP contribution < -0.4 is 0 Å². The SMILES string of the molecule is [CH3][Pr][Si]12O[SiH](C)[SiH](O1)[SiH](C)O2. The van der Waals surface area contributed by atoms with Gasteiger partial charge in [-0.15, -0.1) is 0 Å². The van der Waals surface area contributed by atoms with Crippen LogP contribution in [0.15, 0.2) is 0 Å². The molecular formula is C3H12O3PrSi4. The fourth-order valence-corrected chi connectivity index (χ4v) is 87.5. The minimum absolute atomic E-state index is 0.746. The third kappa shape index (κ3) is 1.57. The first kappa shape index (κ1) is 9.66. The van der Waals surface area contributed by atoms with Crippen molar-refractivity contribution in [2.45, 2.75) is 15.6 Å². The van der Waals surface area contributed by atoms with E-state index in [9.17, 15) is 0 Å². The van der Waals surface area contributed by atoms with Gasteiger partial charge in [-0.2, -0.15) is 0 Å². The molecule has 0 saturated carbocycles. The van der Waals surface area contributed by atoms with Gasteiger partial charge in [-0.25, -0.2) is 0 Å². The molecule has 0 aromatic rings. The summed E-state index contributed by atoms with van der Waals surface area (Å²) < 4.78 is 18.7. The van der Waals surface area contributed by atoms with Crippen LogP contribution in [0.4, 0.5) is 0 Å². The zero-order valence-electron chi connectivity index (χ0n) is 7.03. The monoisotopic (exact) mass is 349 g/mol. The van der Waals surface area contributed by atoms with Crippen molar-refractivity contribution >= 4 is 28.5 Å². The topological polar surface area (TPSA) is 27.7 Å². The van der Waals surface area contributed by atoms with Crippen LogP contribution >= 0.6 is 0 Å². The zero-order chi connectivity index (χ0) is 8.06. The second-order valence-electron chi connectivity index (χ2n) is 3.12. The second kappa shape index (κ2) is 3.35. The zero-order valence-corrected chi connectivity index (χ0v) is 15.2. The molecule has 11 heavy (non-hydrogen) atoms. The van der Waals surface area contributed by atoms with Gasteiger partial charge < -0.3 is 0 Å². The Hall–Kier alpha value is 2.11. The molecule has 0 aromatic heterocycles. The van der Waals surface area contributed by atoms with Gasteiger partial charge >= 0.3 is 92.5 Å². The van der Waals surface area contributed by atoms with Crippen molar-refractivity contribution in [3.63, 3.8) is 0 Å². The molecule has 0 radical (unpaired) electrons. The molecule has 2 aliphatic heterocycles. The van der Waals surface area contributed by atoms with Crippen molar-refractivity contribution in [3.05, 3.63) is 0 Å². The fraction of sp³-hybridized carbons (Fsp3) is 1.00. The molecule has 2 atom stereocenters. The van der Waals surface area contributed by atoms with E-state index in [1.807, 2.05) is 0 Å². The summed E-state index contributed by atoms with van der Waals surface area (Å²) in [6.07, 6.45) is 0. The van der Waals surface area contributed by atoms with E-state index in [1.165, 1.54) is 0 Å². The maximum atomic E-state index is 6.08. The Morgan fingerprint density at radius 1 is 1.09 bits per heavy atom. The summed E-state index contributed by atoms with van der Waals surface area (Å²) in [6.45, 7) is 4.66. The summed E-state index contributed by atoms with van der Waals surface area (Å²) in [6, 6.07) is 0. The summed E-state index contributed by atoms with van der Waals surface area (Å²) >= 11 is -0.746. The van der Waals surface area contributed by atoms with E-state index in [4.69, 9.17) is 12.3 Å². The molecule has 2 rings (SSSR count). The average Bonchev–Trinajstić information content (AvgIpc) is 2.42. The normalized spacial score (nSPS) is 54.6. The molecule has 0 N–H and O–H groups in total. The molecule has 0 amide bonds. The molecular weight excluding hydrogens is 337 g/mol. The van der Waals surface area contributed by atoms with E-state index >= 15 is 0 Å². The average molecular weight is 349 g/mol. The quantitative estimate of drug-likeness (QED) is 0.582. The van der Waals surface area contributed by atoms with E-state index in [-0.39, 0.29) is 0 Å². The van der Waals surface area contributed by atoms with Gasteiger partial charge in [-0.1, -0.05) is 0 Å². The Labute approximate surface area is 91.1 Å². The van der Waals surface area contributed by atoms with Crippen LogP contribution in [0.5, 0.6) is 0 Å². The van der Waals surface area contributed by atoms with Crippen molar-refractivity contribution in [1.29, 1.82) is 0 Å². The molecule has 0 spiro atoms. The predicted octanol–water partition coefficient (Wildman–Crippen LogP) is -0.780. The number of hydrogen-bond donors (Lipinski definition) is 0. The van der Waals surface area contributed by atoms with E-state index in [2.05, 4.69) is 15.6 Å². The van der Waals surface area contributed by atoms with Crippen LogP contribution in [0.1, 0.15) is 0 Å². The van der Waals surface area contributed by atoms with E-state index in [1.54, 1.807) is 0 Å². The molecule has 3 nitrogen and oxygen atoms in total. The Morgan fingerprint density at radius 2 is 1.64 bits per heavy atom. The Morgan fingerprint density at radius 3 is 1.91 bits per heavy atom. The van der Waals surface area contributed by atoms with Crippen LogP contribution in [-0.2, 0) is 12.3 Å². The van der Waals surface area contributed by atoms with Crippen LogP contribution in [0, 0.1) is 36.0 Å². The third-order valence-corrected chi connectivity index (χ3v) is 51.6. The summed E-state index contributed by atoms with van der Waals surface area (Å²) in [5.74, 6) is 0. The molecule has 2 aliphatic rings. The molecule has 0 aliphatic carbocycles. The van der Waals surface area contributed by atoms with Gasteiger partial charge in [0.15, 0.2) is 0 Å². The standard InChI is InChI=1S/C2H9O3Si4.CH3.Pr/c1-6-3-8-4-7(2)9(6)5-8;;/h6-7,9H,1-2H3;1H3;. The van der Waals surface area contributed by atoms with Gasteiger partial charge in [0.1, 0.15) is 0 Å². The van der Waals surface area contributed by atoms with E-state index < -0.39 is 64.5 Å². The predicted molar refractivity (Wildman–Crippen MR) is 48.0 cm³/mol. The van der Waals surface area contributed by atoms with Crippen LogP contribution in [0.25, 0.3) is 0 Å². The summed E-state index contributed by atoms with van der Waals surface area (Å²) in [4.78, 5) is 0. The molecule has 2 unspecified atom stereocenters. The first-order chi connectivity index (χ1) is 5.17. The van der Waals surface area contributed by atoms with Crippen molar-refractivity contribution < 1.29 is 48.4 Å². The second-order valence-corrected chi connectivity index (χ2v) is 35.7. The van der Waals surface area contributed by atoms with Gasteiger partial charge in [-0.05, 0) is 0 Å². The minimum atomic E-state index is -1.74. The maximum absolute atomic E-state index is 6.08. The number of rotatable bonds is 1. The van der Waals surface area contributed by atoms with Crippen molar-refractivity contribution in [2.75, 3.05) is 0 Å². The van der Waals surface area contributed by atoms with Crippen LogP contribution in [-0.4, -0.2) is 28.5 Å². The molecule has 0 aromatic carbocycles. The first-order valence-corrected chi connectivity index (χ1v) is 24.1. The summed E-state index contributed by atoms with van der Waals surface area (Å²) in [5.41, 5.74) is 0. The third-order valence-electron chi connectivity index (χ3n) is 2.28. The van der Waals surface area contributed by atoms with Gasteiger partial charge in [0.25, 0.3) is 0 Å². The fourth-order valence-electron chi connectivity index (χ4n) is 1.70. The van der Waals surface area contributed by atoms with E-state index in [0.717, 1.165) is 0 Å². The van der Waals surface area contributed by atoms with Gasteiger partial charge in [0, 0.05) is 0 Å².